The third kappa shape index (κ3) is 3.06. The number of alkyl halides is 1. The highest BCUT2D eigenvalue weighted by atomic mass is 79.9. The summed E-state index contributed by atoms with van der Waals surface area (Å²) in [5.41, 5.74) is 0.243. The van der Waals surface area contributed by atoms with E-state index in [9.17, 15) is 4.39 Å². The highest BCUT2D eigenvalue weighted by molar-refractivity contribution is 8.93. The number of hydrogen-bond acceptors (Lipinski definition) is 2. The van der Waals surface area contributed by atoms with E-state index in [1.807, 2.05) is 11.3 Å². The zero-order valence-corrected chi connectivity index (χ0v) is 13.8. The van der Waals surface area contributed by atoms with Crippen LogP contribution in [0, 0.1) is 0 Å². The van der Waals surface area contributed by atoms with E-state index in [4.69, 9.17) is 0 Å². The summed E-state index contributed by atoms with van der Waals surface area (Å²) in [5.74, 6) is 0. The van der Waals surface area contributed by atoms with E-state index < -0.39 is 6.17 Å². The van der Waals surface area contributed by atoms with Gasteiger partial charge in [0.05, 0.1) is 5.54 Å². The van der Waals surface area contributed by atoms with Crippen molar-refractivity contribution in [2.45, 2.75) is 56.7 Å². The zero-order valence-electron chi connectivity index (χ0n) is 11.3. The summed E-state index contributed by atoms with van der Waals surface area (Å²) in [6.45, 7) is 1.89. The van der Waals surface area contributed by atoms with Crippen LogP contribution in [0.3, 0.4) is 0 Å². The lowest BCUT2D eigenvalue weighted by Crippen LogP contribution is -2.50. The van der Waals surface area contributed by atoms with E-state index in [-0.39, 0.29) is 22.5 Å². The van der Waals surface area contributed by atoms with E-state index in [0.29, 0.717) is 0 Å². The third-order valence-electron chi connectivity index (χ3n) is 4.69. The fourth-order valence-electron chi connectivity index (χ4n) is 3.67. The second-order valence-electron chi connectivity index (χ2n) is 5.73. The Morgan fingerprint density at radius 1 is 1.16 bits per heavy atom. The largest absolute Gasteiger partial charge is 0.293 e. The molecule has 2 aliphatic rings. The molecule has 0 bridgehead atoms. The average Bonchev–Trinajstić information content (AvgIpc) is 2.95. The molecule has 2 heterocycles. The number of nitrogens with zero attached hydrogens (tertiary/aromatic N) is 1. The van der Waals surface area contributed by atoms with Gasteiger partial charge in [0.25, 0.3) is 0 Å². The van der Waals surface area contributed by atoms with Crippen molar-refractivity contribution < 1.29 is 4.39 Å². The molecule has 1 aliphatic heterocycles. The van der Waals surface area contributed by atoms with Gasteiger partial charge in [0, 0.05) is 18.0 Å². The molecule has 19 heavy (non-hydrogen) atoms. The molecule has 0 N–H and O–H groups in total. The van der Waals surface area contributed by atoms with Crippen molar-refractivity contribution in [3.8, 4) is 0 Å². The Kier molecular flexibility index (Phi) is 5.44. The first-order valence-corrected chi connectivity index (χ1v) is 8.12. The van der Waals surface area contributed by atoms with Gasteiger partial charge in [0.2, 0.25) is 0 Å². The van der Waals surface area contributed by atoms with E-state index in [2.05, 4.69) is 22.4 Å². The first-order chi connectivity index (χ1) is 8.81. The van der Waals surface area contributed by atoms with Gasteiger partial charge < -0.3 is 0 Å². The van der Waals surface area contributed by atoms with Gasteiger partial charge in [-0.15, -0.1) is 28.3 Å². The Morgan fingerprint density at radius 2 is 1.84 bits per heavy atom. The molecule has 0 radical (unpaired) electrons. The van der Waals surface area contributed by atoms with Gasteiger partial charge in [0.15, 0.2) is 0 Å². The average molecular weight is 348 g/mol. The maximum atomic E-state index is 13.4. The van der Waals surface area contributed by atoms with Gasteiger partial charge in [-0.3, -0.25) is 4.90 Å². The third-order valence-corrected chi connectivity index (χ3v) is 5.75. The Balaban J connectivity index is 0.00000133. The van der Waals surface area contributed by atoms with Gasteiger partial charge in [-0.1, -0.05) is 25.3 Å². The lowest BCUT2D eigenvalue weighted by atomic mass is 9.78. The summed E-state index contributed by atoms with van der Waals surface area (Å²) in [5, 5.41) is 2.19. The van der Waals surface area contributed by atoms with E-state index in [0.717, 1.165) is 25.9 Å². The van der Waals surface area contributed by atoms with Crippen molar-refractivity contribution in [3.05, 3.63) is 22.4 Å². The smallest absolute Gasteiger partial charge is 0.103 e. The number of hydrogen-bond donors (Lipinski definition) is 0. The van der Waals surface area contributed by atoms with Crippen molar-refractivity contribution in [2.24, 2.45) is 0 Å². The molecule has 0 unspecified atom stereocenters. The molecule has 4 heteroatoms. The Morgan fingerprint density at radius 3 is 2.42 bits per heavy atom. The van der Waals surface area contributed by atoms with Crippen LogP contribution < -0.4 is 0 Å². The van der Waals surface area contributed by atoms with Crippen molar-refractivity contribution >= 4 is 28.3 Å². The first kappa shape index (κ1) is 15.5. The van der Waals surface area contributed by atoms with Gasteiger partial charge in [-0.2, -0.15) is 0 Å². The number of halogens is 2. The second-order valence-corrected chi connectivity index (χ2v) is 6.68. The van der Waals surface area contributed by atoms with Crippen LogP contribution in [0.1, 0.15) is 49.8 Å². The quantitative estimate of drug-likeness (QED) is 0.733. The molecule has 1 nitrogen and oxygen atoms in total. The van der Waals surface area contributed by atoms with Gasteiger partial charge in [0.1, 0.15) is 6.17 Å². The van der Waals surface area contributed by atoms with Gasteiger partial charge in [-0.25, -0.2) is 4.39 Å². The molecule has 1 aliphatic carbocycles. The summed E-state index contributed by atoms with van der Waals surface area (Å²) in [6, 6.07) is 4.45. The molecule has 0 aromatic carbocycles. The Labute approximate surface area is 130 Å². The molecule has 2 fully saturated rings. The minimum Gasteiger partial charge on any atom is -0.293 e. The van der Waals surface area contributed by atoms with Crippen molar-refractivity contribution in [3.63, 3.8) is 0 Å². The first-order valence-electron chi connectivity index (χ1n) is 7.24. The molecule has 3 rings (SSSR count). The Hall–Kier alpha value is 0.0700. The predicted molar refractivity (Wildman–Crippen MR) is 85.1 cm³/mol. The number of piperidine rings is 1. The summed E-state index contributed by atoms with van der Waals surface area (Å²) in [6.07, 6.45) is 7.45. The van der Waals surface area contributed by atoms with Crippen LogP contribution in [-0.2, 0) is 5.54 Å². The van der Waals surface area contributed by atoms with Crippen LogP contribution in [-0.4, -0.2) is 24.2 Å². The van der Waals surface area contributed by atoms with Gasteiger partial charge >= 0.3 is 0 Å². The zero-order chi connectivity index (χ0) is 12.4. The predicted octanol–water partition coefficient (Wildman–Crippen LogP) is 4.92. The number of thiophene rings is 1. The molecule has 108 valence electrons. The van der Waals surface area contributed by atoms with E-state index >= 15 is 0 Å². The monoisotopic (exact) mass is 347 g/mol. The van der Waals surface area contributed by atoms with E-state index in [1.165, 1.54) is 37.0 Å². The number of rotatable bonds is 2. The highest BCUT2D eigenvalue weighted by Gasteiger charge is 2.41. The summed E-state index contributed by atoms with van der Waals surface area (Å²) < 4.78 is 13.4. The molecule has 0 spiro atoms. The normalized spacial score (nSPS) is 24.9. The van der Waals surface area contributed by atoms with Gasteiger partial charge in [-0.05, 0) is 37.1 Å². The van der Waals surface area contributed by atoms with Crippen LogP contribution in [0.15, 0.2) is 17.5 Å². The van der Waals surface area contributed by atoms with Crippen molar-refractivity contribution in [1.82, 2.24) is 4.90 Å². The van der Waals surface area contributed by atoms with Crippen molar-refractivity contribution in [1.29, 1.82) is 0 Å². The second kappa shape index (κ2) is 6.68. The molecule has 0 atom stereocenters. The minimum absolute atomic E-state index is 0. The van der Waals surface area contributed by atoms with Crippen LogP contribution >= 0.6 is 28.3 Å². The minimum atomic E-state index is -0.565. The molecule has 1 saturated heterocycles. The SMILES string of the molecule is Br.FC1CCN(C2(c3cccs3)CCCCC2)CC1. The fourth-order valence-corrected chi connectivity index (χ4v) is 4.69. The lowest BCUT2D eigenvalue weighted by molar-refractivity contribution is 0.0135. The maximum Gasteiger partial charge on any atom is 0.103 e. The Bertz CT molecular complexity index is 368. The molecule has 1 aromatic rings. The fraction of sp³-hybridized carbons (Fsp3) is 0.733. The molecule has 0 amide bonds. The van der Waals surface area contributed by atoms with Crippen LogP contribution in [0.25, 0.3) is 0 Å². The summed E-state index contributed by atoms with van der Waals surface area (Å²) in [4.78, 5) is 4.10. The van der Waals surface area contributed by atoms with Crippen LogP contribution in [0.5, 0.6) is 0 Å². The van der Waals surface area contributed by atoms with E-state index in [1.54, 1.807) is 0 Å². The maximum absolute atomic E-state index is 13.4. The summed E-state index contributed by atoms with van der Waals surface area (Å²) >= 11 is 1.89. The standard InChI is InChI=1S/C15H22FNS.BrH/c16-13-6-10-17(11-7-13)15(8-2-1-3-9-15)14-5-4-12-18-14;/h4-5,12-13H,1-3,6-11H2;1H. The molecule has 1 aromatic heterocycles. The lowest BCUT2D eigenvalue weighted by Gasteiger charge is -2.48. The molecular formula is C15H23BrFNS. The highest BCUT2D eigenvalue weighted by Crippen LogP contribution is 2.45. The molecular weight excluding hydrogens is 325 g/mol. The topological polar surface area (TPSA) is 3.24 Å². The number of likely N-dealkylation sites (tertiary alicyclic amines) is 1. The summed E-state index contributed by atoms with van der Waals surface area (Å²) in [7, 11) is 0. The molecule has 1 saturated carbocycles. The van der Waals surface area contributed by atoms with Crippen LogP contribution in [0.2, 0.25) is 0 Å². The van der Waals surface area contributed by atoms with Crippen LogP contribution in [0.4, 0.5) is 4.39 Å². The van der Waals surface area contributed by atoms with Crippen molar-refractivity contribution in [2.75, 3.05) is 13.1 Å².